The predicted octanol–water partition coefficient (Wildman–Crippen LogP) is 4.32. The molecule has 0 atom stereocenters. The second kappa shape index (κ2) is 10.5. The summed E-state index contributed by atoms with van der Waals surface area (Å²) in [7, 11) is 3.37. The molecule has 1 aromatic heterocycles. The van der Waals surface area contributed by atoms with E-state index in [0.29, 0.717) is 6.61 Å². The van der Waals surface area contributed by atoms with Gasteiger partial charge in [0, 0.05) is 24.5 Å². The van der Waals surface area contributed by atoms with Crippen molar-refractivity contribution in [1.82, 2.24) is 10.3 Å². The van der Waals surface area contributed by atoms with Crippen molar-refractivity contribution in [1.29, 1.82) is 0 Å². The monoisotopic (exact) mass is 392 g/mol. The van der Waals surface area contributed by atoms with Crippen molar-refractivity contribution in [3.05, 3.63) is 83.2 Å². The van der Waals surface area contributed by atoms with Crippen LogP contribution in [0.25, 0.3) is 0 Å². The van der Waals surface area contributed by atoms with Gasteiger partial charge in [-0.3, -0.25) is 4.98 Å². The fourth-order valence-corrected chi connectivity index (χ4v) is 3.15. The van der Waals surface area contributed by atoms with Crippen LogP contribution in [0.1, 0.15) is 22.3 Å². The zero-order valence-corrected chi connectivity index (χ0v) is 17.3. The van der Waals surface area contributed by atoms with Crippen LogP contribution in [0.5, 0.6) is 17.2 Å². The van der Waals surface area contributed by atoms with Gasteiger partial charge in [-0.15, -0.1) is 0 Å². The van der Waals surface area contributed by atoms with Crippen LogP contribution >= 0.6 is 0 Å². The highest BCUT2D eigenvalue weighted by atomic mass is 16.5. The van der Waals surface area contributed by atoms with Gasteiger partial charge >= 0.3 is 0 Å². The van der Waals surface area contributed by atoms with Crippen LogP contribution in [0, 0.1) is 6.92 Å². The van der Waals surface area contributed by atoms with E-state index in [1.54, 1.807) is 26.6 Å². The van der Waals surface area contributed by atoms with Crippen molar-refractivity contribution in [3.63, 3.8) is 0 Å². The third kappa shape index (κ3) is 5.96. The first-order valence-electron chi connectivity index (χ1n) is 9.72. The smallest absolute Gasteiger partial charge is 0.161 e. The van der Waals surface area contributed by atoms with Gasteiger partial charge in [0.2, 0.25) is 0 Å². The summed E-state index contributed by atoms with van der Waals surface area (Å²) < 4.78 is 16.9. The fraction of sp³-hybridized carbons (Fsp3) is 0.292. The Morgan fingerprint density at radius 3 is 2.48 bits per heavy atom. The molecule has 0 spiro atoms. The molecule has 0 aliphatic carbocycles. The van der Waals surface area contributed by atoms with Crippen LogP contribution < -0.4 is 19.5 Å². The minimum Gasteiger partial charge on any atom is -0.496 e. The summed E-state index contributed by atoms with van der Waals surface area (Å²) >= 11 is 0. The molecular formula is C24H28N2O3. The van der Waals surface area contributed by atoms with Crippen LogP contribution in [0.15, 0.2) is 60.9 Å². The quantitative estimate of drug-likeness (QED) is 0.521. The number of benzene rings is 2. The van der Waals surface area contributed by atoms with Gasteiger partial charge in [-0.05, 0) is 55.3 Å². The highest BCUT2D eigenvalue weighted by Gasteiger charge is 2.07. The first kappa shape index (κ1) is 20.7. The zero-order valence-electron chi connectivity index (χ0n) is 17.3. The number of hydrogen-bond acceptors (Lipinski definition) is 5. The van der Waals surface area contributed by atoms with Crippen molar-refractivity contribution >= 4 is 0 Å². The number of nitrogens with zero attached hydrogens (tertiary/aromatic N) is 1. The van der Waals surface area contributed by atoms with Crippen LogP contribution in [-0.4, -0.2) is 25.7 Å². The Hall–Kier alpha value is -3.05. The van der Waals surface area contributed by atoms with E-state index in [-0.39, 0.29) is 0 Å². The van der Waals surface area contributed by atoms with E-state index in [4.69, 9.17) is 14.2 Å². The molecule has 3 aromatic rings. The number of hydrogen-bond donors (Lipinski definition) is 1. The van der Waals surface area contributed by atoms with Gasteiger partial charge in [0.15, 0.2) is 11.5 Å². The van der Waals surface area contributed by atoms with E-state index in [0.717, 1.165) is 47.9 Å². The van der Waals surface area contributed by atoms with Crippen LogP contribution in [-0.2, 0) is 19.6 Å². The van der Waals surface area contributed by atoms with Crippen molar-refractivity contribution in [2.24, 2.45) is 0 Å². The molecule has 0 fully saturated rings. The van der Waals surface area contributed by atoms with E-state index in [1.165, 1.54) is 11.1 Å². The van der Waals surface area contributed by atoms with Crippen LogP contribution in [0.4, 0.5) is 0 Å². The van der Waals surface area contributed by atoms with E-state index in [9.17, 15) is 0 Å². The minimum absolute atomic E-state index is 0.453. The normalized spacial score (nSPS) is 10.6. The molecule has 0 aliphatic heterocycles. The maximum Gasteiger partial charge on any atom is 0.161 e. The highest BCUT2D eigenvalue weighted by Crippen LogP contribution is 2.29. The van der Waals surface area contributed by atoms with E-state index >= 15 is 0 Å². The van der Waals surface area contributed by atoms with Gasteiger partial charge in [-0.1, -0.05) is 29.8 Å². The molecule has 2 aromatic carbocycles. The molecule has 0 bridgehead atoms. The second-order valence-electron chi connectivity index (χ2n) is 6.88. The molecule has 3 rings (SSSR count). The van der Waals surface area contributed by atoms with E-state index in [2.05, 4.69) is 35.4 Å². The SMILES string of the molecule is COc1ccc(C)cc1CCNCc1ccc(OC)c(OCc2cccnc2)c1. The molecule has 0 unspecified atom stereocenters. The summed E-state index contributed by atoms with van der Waals surface area (Å²) in [6, 6.07) is 16.2. The zero-order chi connectivity index (χ0) is 20.5. The molecule has 5 nitrogen and oxygen atoms in total. The van der Waals surface area contributed by atoms with Gasteiger partial charge in [-0.25, -0.2) is 0 Å². The lowest BCUT2D eigenvalue weighted by Crippen LogP contribution is -2.17. The predicted molar refractivity (Wildman–Crippen MR) is 115 cm³/mol. The lowest BCUT2D eigenvalue weighted by Gasteiger charge is -2.13. The topological polar surface area (TPSA) is 52.6 Å². The maximum absolute atomic E-state index is 5.96. The standard InChI is InChI=1S/C24H28N2O3/c1-18-6-8-22(27-2)21(13-18)10-12-26-15-19-7-9-23(28-3)24(14-19)29-17-20-5-4-11-25-16-20/h4-9,11,13-14,16,26H,10,12,15,17H2,1-3H3. The average molecular weight is 392 g/mol. The Morgan fingerprint density at radius 1 is 0.897 bits per heavy atom. The Labute approximate surface area is 172 Å². The number of rotatable bonds is 10. The lowest BCUT2D eigenvalue weighted by atomic mass is 10.1. The number of methoxy groups -OCH3 is 2. The van der Waals surface area contributed by atoms with Crippen molar-refractivity contribution < 1.29 is 14.2 Å². The Bertz CT molecular complexity index is 913. The molecule has 152 valence electrons. The third-order valence-electron chi connectivity index (χ3n) is 4.68. The largest absolute Gasteiger partial charge is 0.496 e. The Morgan fingerprint density at radius 2 is 1.72 bits per heavy atom. The van der Waals surface area contributed by atoms with Crippen LogP contribution in [0.2, 0.25) is 0 Å². The number of ether oxygens (including phenoxy) is 3. The summed E-state index contributed by atoms with van der Waals surface area (Å²) in [5.74, 6) is 2.39. The summed E-state index contributed by atoms with van der Waals surface area (Å²) in [4.78, 5) is 4.12. The average Bonchev–Trinajstić information content (AvgIpc) is 2.76. The number of aryl methyl sites for hydroxylation is 1. The molecule has 1 N–H and O–H groups in total. The van der Waals surface area contributed by atoms with Crippen molar-refractivity contribution in [2.45, 2.75) is 26.5 Å². The molecular weight excluding hydrogens is 364 g/mol. The van der Waals surface area contributed by atoms with Gasteiger partial charge in [0.1, 0.15) is 12.4 Å². The Balaban J connectivity index is 1.56. The van der Waals surface area contributed by atoms with Gasteiger partial charge in [-0.2, -0.15) is 0 Å². The minimum atomic E-state index is 0.453. The van der Waals surface area contributed by atoms with Gasteiger partial charge in [0.05, 0.1) is 14.2 Å². The molecule has 0 amide bonds. The Kier molecular flexibility index (Phi) is 7.47. The molecule has 0 aliphatic rings. The fourth-order valence-electron chi connectivity index (χ4n) is 3.15. The first-order chi connectivity index (χ1) is 14.2. The van der Waals surface area contributed by atoms with Gasteiger partial charge < -0.3 is 19.5 Å². The van der Waals surface area contributed by atoms with Crippen LogP contribution in [0.3, 0.4) is 0 Å². The summed E-state index contributed by atoms with van der Waals surface area (Å²) in [5, 5.41) is 3.50. The third-order valence-corrected chi connectivity index (χ3v) is 4.68. The van der Waals surface area contributed by atoms with Crippen molar-refractivity contribution in [3.8, 4) is 17.2 Å². The molecule has 0 radical (unpaired) electrons. The number of pyridine rings is 1. The highest BCUT2D eigenvalue weighted by molar-refractivity contribution is 5.43. The summed E-state index contributed by atoms with van der Waals surface area (Å²) in [6.07, 6.45) is 4.46. The first-order valence-corrected chi connectivity index (χ1v) is 9.72. The van der Waals surface area contributed by atoms with E-state index < -0.39 is 0 Å². The van der Waals surface area contributed by atoms with Crippen molar-refractivity contribution in [2.75, 3.05) is 20.8 Å². The van der Waals surface area contributed by atoms with E-state index in [1.807, 2.05) is 30.3 Å². The summed E-state index contributed by atoms with van der Waals surface area (Å²) in [5.41, 5.74) is 4.62. The molecule has 5 heteroatoms. The molecule has 1 heterocycles. The summed E-state index contributed by atoms with van der Waals surface area (Å²) in [6.45, 7) is 4.16. The second-order valence-corrected chi connectivity index (χ2v) is 6.88. The number of nitrogens with one attached hydrogen (secondary N) is 1. The number of aromatic nitrogens is 1. The van der Waals surface area contributed by atoms with Gasteiger partial charge in [0.25, 0.3) is 0 Å². The maximum atomic E-state index is 5.96. The molecule has 0 saturated carbocycles. The molecule has 29 heavy (non-hydrogen) atoms. The molecule has 0 saturated heterocycles. The lowest BCUT2D eigenvalue weighted by molar-refractivity contribution is 0.284.